The van der Waals surface area contributed by atoms with Crippen molar-refractivity contribution in [1.82, 2.24) is 5.43 Å². The Morgan fingerprint density at radius 3 is 2.29 bits per heavy atom. The smallest absolute Gasteiger partial charge is 0.240 e. The number of phenolic OH excluding ortho intramolecular Hbond substituents is 1. The molecule has 2 amide bonds. The van der Waals surface area contributed by atoms with Crippen molar-refractivity contribution < 1.29 is 24.5 Å². The summed E-state index contributed by atoms with van der Waals surface area (Å²) >= 11 is 0. The third-order valence-electron chi connectivity index (χ3n) is 4.38. The Hall–Kier alpha value is -3.39. The number of carbonyl (C=O) groups is 2. The van der Waals surface area contributed by atoms with Crippen molar-refractivity contribution in [3.8, 4) is 11.5 Å². The molecule has 0 aliphatic heterocycles. The zero-order valence-electron chi connectivity index (χ0n) is 17.4. The number of aliphatic hydroxyl groups is 1. The van der Waals surface area contributed by atoms with Crippen LogP contribution in [0.1, 0.15) is 44.1 Å². The molecule has 0 aliphatic rings. The maximum absolute atomic E-state index is 11.9. The number of nitrogens with one attached hydrogen (secondary N) is 2. The van der Waals surface area contributed by atoms with E-state index >= 15 is 0 Å². The van der Waals surface area contributed by atoms with Crippen LogP contribution in [0.4, 0.5) is 5.69 Å². The standard InChI is InChI=1S/C23H29N3O5/c27-15-16-31-19-13-11-18(12-14-19)17-24-26-23(30)10-4-2-1-3-9-22(29)25-20-7-5-6-8-21(20)28/h5-8,11-14,17,27-28H,1-4,9-10,15-16H2,(H,25,29)(H,26,30)/b24-17+. The highest BCUT2D eigenvalue weighted by Crippen LogP contribution is 2.21. The molecular formula is C23H29N3O5. The molecule has 0 bridgehead atoms. The van der Waals surface area contributed by atoms with Gasteiger partial charge >= 0.3 is 0 Å². The molecule has 31 heavy (non-hydrogen) atoms. The number of hydrazone groups is 1. The van der Waals surface area contributed by atoms with E-state index in [-0.39, 0.29) is 30.8 Å². The monoisotopic (exact) mass is 427 g/mol. The molecule has 0 fully saturated rings. The van der Waals surface area contributed by atoms with Crippen LogP contribution >= 0.6 is 0 Å². The van der Waals surface area contributed by atoms with E-state index in [1.54, 1.807) is 48.7 Å². The molecule has 0 atom stereocenters. The van der Waals surface area contributed by atoms with Crippen LogP contribution in [0.25, 0.3) is 0 Å². The second-order valence-corrected chi connectivity index (χ2v) is 6.91. The third-order valence-corrected chi connectivity index (χ3v) is 4.38. The van der Waals surface area contributed by atoms with Gasteiger partial charge in [-0.25, -0.2) is 5.43 Å². The first-order chi connectivity index (χ1) is 15.1. The number of carbonyl (C=O) groups excluding carboxylic acids is 2. The predicted octanol–water partition coefficient (Wildman–Crippen LogP) is 3.19. The largest absolute Gasteiger partial charge is 0.506 e. The Kier molecular flexibility index (Phi) is 10.6. The molecule has 0 saturated carbocycles. The van der Waals surface area contributed by atoms with Gasteiger partial charge in [0.25, 0.3) is 0 Å². The second kappa shape index (κ2) is 13.8. The van der Waals surface area contributed by atoms with Gasteiger partial charge in [-0.05, 0) is 54.8 Å². The number of amides is 2. The summed E-state index contributed by atoms with van der Waals surface area (Å²) in [4.78, 5) is 23.7. The van der Waals surface area contributed by atoms with Gasteiger partial charge in [-0.3, -0.25) is 9.59 Å². The van der Waals surface area contributed by atoms with E-state index in [4.69, 9.17) is 9.84 Å². The average Bonchev–Trinajstić information content (AvgIpc) is 2.77. The number of aromatic hydroxyl groups is 1. The Bertz CT molecular complexity index is 853. The number of rotatable bonds is 13. The van der Waals surface area contributed by atoms with Crippen LogP contribution in [0.15, 0.2) is 53.6 Å². The number of hydrogen-bond donors (Lipinski definition) is 4. The summed E-state index contributed by atoms with van der Waals surface area (Å²) in [5.74, 6) is 0.414. The summed E-state index contributed by atoms with van der Waals surface area (Å²) in [6, 6.07) is 13.8. The molecular weight excluding hydrogens is 398 g/mol. The van der Waals surface area contributed by atoms with Crippen molar-refractivity contribution in [1.29, 1.82) is 0 Å². The lowest BCUT2D eigenvalue weighted by molar-refractivity contribution is -0.121. The molecule has 2 aromatic carbocycles. The predicted molar refractivity (Wildman–Crippen MR) is 119 cm³/mol. The van der Waals surface area contributed by atoms with Crippen molar-refractivity contribution in [2.24, 2.45) is 5.10 Å². The van der Waals surface area contributed by atoms with E-state index in [2.05, 4.69) is 15.8 Å². The number of anilines is 1. The lowest BCUT2D eigenvalue weighted by atomic mass is 10.1. The highest BCUT2D eigenvalue weighted by Gasteiger charge is 2.06. The quantitative estimate of drug-likeness (QED) is 0.169. The van der Waals surface area contributed by atoms with Crippen LogP contribution < -0.4 is 15.5 Å². The lowest BCUT2D eigenvalue weighted by Gasteiger charge is -2.06. The van der Waals surface area contributed by atoms with Gasteiger partial charge < -0.3 is 20.3 Å². The topological polar surface area (TPSA) is 120 Å². The third kappa shape index (κ3) is 9.77. The number of aliphatic hydroxyl groups excluding tert-OH is 1. The molecule has 166 valence electrons. The molecule has 0 aliphatic carbocycles. The van der Waals surface area contributed by atoms with E-state index in [1.807, 2.05) is 0 Å². The zero-order chi connectivity index (χ0) is 22.3. The van der Waals surface area contributed by atoms with E-state index in [0.717, 1.165) is 31.2 Å². The minimum absolute atomic E-state index is 0.0375. The van der Waals surface area contributed by atoms with Gasteiger partial charge in [0.2, 0.25) is 11.8 Å². The van der Waals surface area contributed by atoms with Gasteiger partial charge in [0.05, 0.1) is 18.5 Å². The van der Waals surface area contributed by atoms with Crippen LogP contribution in [0.3, 0.4) is 0 Å². The first-order valence-electron chi connectivity index (χ1n) is 10.3. The molecule has 2 rings (SSSR count). The molecule has 0 spiro atoms. The molecule has 2 aromatic rings. The normalized spacial score (nSPS) is 10.7. The average molecular weight is 428 g/mol. The molecule has 0 aromatic heterocycles. The maximum atomic E-state index is 11.9. The minimum atomic E-state index is -0.156. The maximum Gasteiger partial charge on any atom is 0.240 e. The van der Waals surface area contributed by atoms with Crippen molar-refractivity contribution in [3.63, 3.8) is 0 Å². The van der Waals surface area contributed by atoms with Crippen LogP contribution in [0.5, 0.6) is 11.5 Å². The van der Waals surface area contributed by atoms with E-state index in [9.17, 15) is 14.7 Å². The number of hydrogen-bond acceptors (Lipinski definition) is 6. The fourth-order valence-corrected chi connectivity index (χ4v) is 2.77. The van der Waals surface area contributed by atoms with E-state index < -0.39 is 0 Å². The SMILES string of the molecule is O=C(CCCCCCC(=O)Nc1ccccc1O)N/N=C/c1ccc(OCCO)cc1. The highest BCUT2D eigenvalue weighted by atomic mass is 16.5. The number of nitrogens with zero attached hydrogens (tertiary/aromatic N) is 1. The molecule has 0 heterocycles. The van der Waals surface area contributed by atoms with Gasteiger partial charge in [0.1, 0.15) is 18.1 Å². The summed E-state index contributed by atoms with van der Waals surface area (Å²) in [7, 11) is 0. The summed E-state index contributed by atoms with van der Waals surface area (Å²) in [5, 5.41) is 25.0. The first kappa shape index (κ1) is 23.9. The van der Waals surface area contributed by atoms with Crippen molar-refractivity contribution in [2.45, 2.75) is 38.5 Å². The summed E-state index contributed by atoms with van der Waals surface area (Å²) in [5.41, 5.74) is 3.73. The van der Waals surface area contributed by atoms with Crippen LogP contribution in [-0.2, 0) is 9.59 Å². The van der Waals surface area contributed by atoms with E-state index in [1.165, 1.54) is 6.07 Å². The molecule has 8 heteroatoms. The molecule has 0 radical (unpaired) electrons. The van der Waals surface area contributed by atoms with Gasteiger partial charge in [-0.1, -0.05) is 25.0 Å². The Morgan fingerprint density at radius 1 is 0.935 bits per heavy atom. The molecule has 8 nitrogen and oxygen atoms in total. The minimum Gasteiger partial charge on any atom is -0.506 e. The Labute approximate surface area is 181 Å². The van der Waals surface area contributed by atoms with Crippen molar-refractivity contribution >= 4 is 23.7 Å². The number of phenols is 1. The number of unbranched alkanes of at least 4 members (excludes halogenated alkanes) is 3. The van der Waals surface area contributed by atoms with Crippen LogP contribution in [-0.4, -0.2) is 41.5 Å². The fourth-order valence-electron chi connectivity index (χ4n) is 2.77. The molecule has 4 N–H and O–H groups in total. The fraction of sp³-hybridized carbons (Fsp3) is 0.348. The van der Waals surface area contributed by atoms with Crippen LogP contribution in [0, 0.1) is 0 Å². The zero-order valence-corrected chi connectivity index (χ0v) is 17.4. The summed E-state index contributed by atoms with van der Waals surface area (Å²) in [6.07, 6.45) is 5.42. The molecule has 0 unspecified atom stereocenters. The Morgan fingerprint density at radius 2 is 1.61 bits per heavy atom. The summed E-state index contributed by atoms with van der Waals surface area (Å²) < 4.78 is 5.27. The molecule has 0 saturated heterocycles. The van der Waals surface area contributed by atoms with Gasteiger partial charge in [-0.2, -0.15) is 5.10 Å². The lowest BCUT2D eigenvalue weighted by Crippen LogP contribution is -2.16. The van der Waals surface area contributed by atoms with Gasteiger partial charge in [-0.15, -0.1) is 0 Å². The van der Waals surface area contributed by atoms with Crippen molar-refractivity contribution in [2.75, 3.05) is 18.5 Å². The highest BCUT2D eigenvalue weighted by molar-refractivity contribution is 5.92. The van der Waals surface area contributed by atoms with E-state index in [0.29, 0.717) is 24.3 Å². The number of benzene rings is 2. The first-order valence-corrected chi connectivity index (χ1v) is 10.3. The second-order valence-electron chi connectivity index (χ2n) is 6.91. The van der Waals surface area contributed by atoms with Gasteiger partial charge in [0, 0.05) is 12.8 Å². The summed E-state index contributed by atoms with van der Waals surface area (Å²) in [6.45, 7) is 0.207. The number of ether oxygens (including phenoxy) is 1. The van der Waals surface area contributed by atoms with Crippen molar-refractivity contribution in [3.05, 3.63) is 54.1 Å². The van der Waals surface area contributed by atoms with Gasteiger partial charge in [0.15, 0.2) is 0 Å². The van der Waals surface area contributed by atoms with Crippen LogP contribution in [0.2, 0.25) is 0 Å². The number of para-hydroxylation sites is 2. The Balaban J connectivity index is 1.53.